The standard InChI is InChI=1S/C23H40O/c1-10-22(6,7)16-20(23(8,9)11-2)19-14-12-18(13-15-19)17-24-21(3,4)5/h12-15,20H,10-11,16-17H2,1-9H3. The van der Waals surface area contributed by atoms with E-state index in [4.69, 9.17) is 4.74 Å². The van der Waals surface area contributed by atoms with Gasteiger partial charge in [0.1, 0.15) is 0 Å². The highest BCUT2D eigenvalue weighted by molar-refractivity contribution is 5.27. The quantitative estimate of drug-likeness (QED) is 0.483. The van der Waals surface area contributed by atoms with Gasteiger partial charge in [-0.3, -0.25) is 0 Å². The molecule has 0 aromatic heterocycles. The number of rotatable bonds is 8. The molecule has 1 unspecified atom stereocenters. The summed E-state index contributed by atoms with van der Waals surface area (Å²) in [6, 6.07) is 9.15. The van der Waals surface area contributed by atoms with Crippen molar-refractivity contribution >= 4 is 0 Å². The maximum atomic E-state index is 5.90. The van der Waals surface area contributed by atoms with Crippen molar-refractivity contribution in [3.63, 3.8) is 0 Å². The lowest BCUT2D eigenvalue weighted by atomic mass is 9.66. The molecule has 138 valence electrons. The van der Waals surface area contributed by atoms with Crippen molar-refractivity contribution in [1.29, 1.82) is 0 Å². The largest absolute Gasteiger partial charge is 0.371 e. The van der Waals surface area contributed by atoms with Crippen LogP contribution in [0.15, 0.2) is 24.3 Å². The van der Waals surface area contributed by atoms with Crippen molar-refractivity contribution in [2.45, 2.75) is 99.7 Å². The van der Waals surface area contributed by atoms with Gasteiger partial charge in [-0.2, -0.15) is 0 Å². The molecule has 1 rings (SSSR count). The molecule has 0 spiro atoms. The summed E-state index contributed by atoms with van der Waals surface area (Å²) in [5.41, 5.74) is 3.34. The number of ether oxygens (including phenoxy) is 1. The Bertz CT molecular complexity index is 488. The van der Waals surface area contributed by atoms with Gasteiger partial charge in [-0.25, -0.2) is 0 Å². The minimum Gasteiger partial charge on any atom is -0.371 e. The van der Waals surface area contributed by atoms with E-state index in [1.165, 1.54) is 30.4 Å². The fraction of sp³-hybridized carbons (Fsp3) is 0.739. The van der Waals surface area contributed by atoms with Crippen molar-refractivity contribution in [3.05, 3.63) is 35.4 Å². The van der Waals surface area contributed by atoms with Gasteiger partial charge in [0.05, 0.1) is 12.2 Å². The van der Waals surface area contributed by atoms with E-state index in [0.29, 0.717) is 23.4 Å². The number of hydrogen-bond acceptors (Lipinski definition) is 1. The smallest absolute Gasteiger partial charge is 0.0724 e. The average molecular weight is 333 g/mol. The van der Waals surface area contributed by atoms with Crippen LogP contribution in [0.4, 0.5) is 0 Å². The zero-order valence-corrected chi connectivity index (χ0v) is 17.6. The van der Waals surface area contributed by atoms with Gasteiger partial charge >= 0.3 is 0 Å². The summed E-state index contributed by atoms with van der Waals surface area (Å²) >= 11 is 0. The molecule has 1 heteroatoms. The molecular weight excluding hydrogens is 292 g/mol. The summed E-state index contributed by atoms with van der Waals surface area (Å²) < 4.78 is 5.90. The van der Waals surface area contributed by atoms with Crippen LogP contribution in [0.5, 0.6) is 0 Å². The summed E-state index contributed by atoms with van der Waals surface area (Å²) in [6.07, 6.45) is 3.66. The highest BCUT2D eigenvalue weighted by Crippen LogP contribution is 2.46. The van der Waals surface area contributed by atoms with Gasteiger partial charge in [-0.05, 0) is 55.1 Å². The third kappa shape index (κ3) is 6.59. The Morgan fingerprint density at radius 2 is 1.38 bits per heavy atom. The molecular formula is C23H40O. The summed E-state index contributed by atoms with van der Waals surface area (Å²) in [4.78, 5) is 0. The highest BCUT2D eigenvalue weighted by Gasteiger charge is 2.33. The lowest BCUT2D eigenvalue weighted by Crippen LogP contribution is -2.27. The molecule has 0 amide bonds. The monoisotopic (exact) mass is 332 g/mol. The Hall–Kier alpha value is -0.820. The zero-order valence-electron chi connectivity index (χ0n) is 17.6. The maximum absolute atomic E-state index is 5.90. The molecule has 0 radical (unpaired) electrons. The second-order valence-corrected chi connectivity index (χ2v) is 9.76. The van der Waals surface area contributed by atoms with Crippen LogP contribution in [0.25, 0.3) is 0 Å². The Balaban J connectivity index is 2.98. The van der Waals surface area contributed by atoms with Gasteiger partial charge in [0.2, 0.25) is 0 Å². The molecule has 0 N–H and O–H groups in total. The predicted molar refractivity (Wildman–Crippen MR) is 106 cm³/mol. The van der Waals surface area contributed by atoms with E-state index in [1.54, 1.807) is 0 Å². The van der Waals surface area contributed by atoms with Gasteiger partial charge in [-0.15, -0.1) is 0 Å². The molecule has 24 heavy (non-hydrogen) atoms. The molecule has 1 atom stereocenters. The molecule has 0 aliphatic rings. The molecule has 0 saturated carbocycles. The van der Waals surface area contributed by atoms with Gasteiger partial charge in [0.15, 0.2) is 0 Å². The van der Waals surface area contributed by atoms with Crippen LogP contribution >= 0.6 is 0 Å². The lowest BCUT2D eigenvalue weighted by Gasteiger charge is -2.39. The topological polar surface area (TPSA) is 9.23 Å². The van der Waals surface area contributed by atoms with Crippen LogP contribution in [0.1, 0.15) is 98.6 Å². The van der Waals surface area contributed by atoms with E-state index >= 15 is 0 Å². The van der Waals surface area contributed by atoms with Crippen LogP contribution < -0.4 is 0 Å². The third-order valence-electron chi connectivity index (χ3n) is 5.62. The van der Waals surface area contributed by atoms with E-state index in [1.807, 2.05) is 0 Å². The molecule has 1 aromatic carbocycles. The third-order valence-corrected chi connectivity index (χ3v) is 5.62. The van der Waals surface area contributed by atoms with Crippen molar-refractivity contribution in [2.75, 3.05) is 0 Å². The number of hydrogen-bond donors (Lipinski definition) is 0. The predicted octanol–water partition coefficient (Wildman–Crippen LogP) is 7.35. The molecule has 0 aliphatic heterocycles. The first-order chi connectivity index (χ1) is 10.9. The van der Waals surface area contributed by atoms with Gasteiger partial charge < -0.3 is 4.74 Å². The Morgan fingerprint density at radius 3 is 1.79 bits per heavy atom. The average Bonchev–Trinajstić information content (AvgIpc) is 2.50. The molecule has 0 fully saturated rings. The fourth-order valence-electron chi connectivity index (χ4n) is 2.93. The lowest BCUT2D eigenvalue weighted by molar-refractivity contribution is -0.0149. The molecule has 0 saturated heterocycles. The van der Waals surface area contributed by atoms with E-state index < -0.39 is 0 Å². The SMILES string of the molecule is CCC(C)(C)CC(c1ccc(COC(C)(C)C)cc1)C(C)(C)CC. The summed E-state index contributed by atoms with van der Waals surface area (Å²) in [5.74, 6) is 0.593. The van der Waals surface area contributed by atoms with Crippen molar-refractivity contribution in [1.82, 2.24) is 0 Å². The second kappa shape index (κ2) is 8.04. The first-order valence-electron chi connectivity index (χ1n) is 9.63. The molecule has 0 heterocycles. The Kier molecular flexibility index (Phi) is 7.11. The van der Waals surface area contributed by atoms with E-state index in [9.17, 15) is 0 Å². The molecule has 1 nitrogen and oxygen atoms in total. The first-order valence-corrected chi connectivity index (χ1v) is 9.63. The van der Waals surface area contributed by atoms with Crippen LogP contribution in [0.3, 0.4) is 0 Å². The van der Waals surface area contributed by atoms with Crippen LogP contribution in [-0.2, 0) is 11.3 Å². The van der Waals surface area contributed by atoms with Gasteiger partial charge in [-0.1, -0.05) is 78.6 Å². The normalized spacial score (nSPS) is 14.7. The molecule has 1 aromatic rings. The fourth-order valence-corrected chi connectivity index (χ4v) is 2.93. The minimum atomic E-state index is -0.0867. The minimum absolute atomic E-state index is 0.0867. The van der Waals surface area contributed by atoms with Gasteiger partial charge in [0, 0.05) is 0 Å². The first kappa shape index (κ1) is 21.2. The van der Waals surface area contributed by atoms with Crippen molar-refractivity contribution in [3.8, 4) is 0 Å². The van der Waals surface area contributed by atoms with Crippen LogP contribution in [0, 0.1) is 10.8 Å². The van der Waals surface area contributed by atoms with E-state index in [0.717, 1.165) is 0 Å². The molecule has 0 aliphatic carbocycles. The Labute approximate surface area is 151 Å². The maximum Gasteiger partial charge on any atom is 0.0724 e. The molecule has 0 bridgehead atoms. The van der Waals surface area contributed by atoms with Crippen LogP contribution in [0.2, 0.25) is 0 Å². The second-order valence-electron chi connectivity index (χ2n) is 9.76. The summed E-state index contributed by atoms with van der Waals surface area (Å²) in [7, 11) is 0. The van der Waals surface area contributed by atoms with Crippen LogP contribution in [-0.4, -0.2) is 5.60 Å². The zero-order chi connectivity index (χ0) is 18.6. The van der Waals surface area contributed by atoms with Crippen molar-refractivity contribution in [2.24, 2.45) is 10.8 Å². The number of benzene rings is 1. The van der Waals surface area contributed by atoms with E-state index in [-0.39, 0.29) is 5.60 Å². The summed E-state index contributed by atoms with van der Waals surface area (Å²) in [5, 5.41) is 0. The Morgan fingerprint density at radius 1 is 0.833 bits per heavy atom. The van der Waals surface area contributed by atoms with E-state index in [2.05, 4.69) is 86.6 Å². The van der Waals surface area contributed by atoms with Gasteiger partial charge in [0.25, 0.3) is 0 Å². The summed E-state index contributed by atoms with van der Waals surface area (Å²) in [6.45, 7) is 21.3. The highest BCUT2D eigenvalue weighted by atomic mass is 16.5. The van der Waals surface area contributed by atoms with Crippen molar-refractivity contribution < 1.29 is 4.74 Å².